The first-order chi connectivity index (χ1) is 8.77. The summed E-state index contributed by atoms with van der Waals surface area (Å²) >= 11 is 1.60. The van der Waals surface area contributed by atoms with Crippen molar-refractivity contribution in [2.24, 2.45) is 0 Å². The van der Waals surface area contributed by atoms with Gasteiger partial charge in [0.2, 0.25) is 0 Å². The van der Waals surface area contributed by atoms with Gasteiger partial charge >= 0.3 is 0 Å². The molecule has 0 fully saturated rings. The average molecular weight is 257 g/mol. The lowest BCUT2D eigenvalue weighted by Gasteiger charge is -2.23. The van der Waals surface area contributed by atoms with E-state index in [2.05, 4.69) is 11.1 Å². The molecule has 1 aliphatic rings. The largest absolute Gasteiger partial charge is 0.293 e. The summed E-state index contributed by atoms with van der Waals surface area (Å²) in [7, 11) is 0. The van der Waals surface area contributed by atoms with Crippen LogP contribution in [0.5, 0.6) is 0 Å². The lowest BCUT2D eigenvalue weighted by Crippen LogP contribution is -2.20. The molecule has 2 aromatic heterocycles. The molecule has 92 valence electrons. The molecular weight excluding hydrogens is 242 g/mol. The van der Waals surface area contributed by atoms with Crippen LogP contribution in [0.3, 0.4) is 0 Å². The molecule has 3 heteroatoms. The molecule has 2 nitrogen and oxygen atoms in total. The first-order valence-electron chi connectivity index (χ1n) is 6.28. The molecule has 1 aliphatic carbocycles. The number of ketones is 1. The van der Waals surface area contributed by atoms with Crippen molar-refractivity contribution >= 4 is 17.1 Å². The van der Waals surface area contributed by atoms with E-state index in [4.69, 9.17) is 0 Å². The van der Waals surface area contributed by atoms with Crippen molar-refractivity contribution in [1.82, 2.24) is 4.98 Å². The molecule has 0 bridgehead atoms. The van der Waals surface area contributed by atoms with Crippen molar-refractivity contribution in [3.05, 3.63) is 51.5 Å². The SMILES string of the molecule is Cc1cscc1C(=O)C1CCCc2cccnc21. The number of fused-ring (bicyclic) bond motifs is 1. The molecule has 0 amide bonds. The summed E-state index contributed by atoms with van der Waals surface area (Å²) in [4.78, 5) is 17.1. The van der Waals surface area contributed by atoms with Crippen molar-refractivity contribution in [3.63, 3.8) is 0 Å². The maximum atomic E-state index is 12.6. The van der Waals surface area contributed by atoms with Crippen LogP contribution in [0.25, 0.3) is 0 Å². The summed E-state index contributed by atoms with van der Waals surface area (Å²) in [5.41, 5.74) is 4.21. The van der Waals surface area contributed by atoms with Crippen molar-refractivity contribution in [2.75, 3.05) is 0 Å². The molecular formula is C15H15NOS. The van der Waals surface area contributed by atoms with Gasteiger partial charge in [0, 0.05) is 17.1 Å². The molecule has 0 aromatic carbocycles. The van der Waals surface area contributed by atoms with Crippen LogP contribution < -0.4 is 0 Å². The van der Waals surface area contributed by atoms with Gasteiger partial charge in [0.05, 0.1) is 11.6 Å². The molecule has 2 aromatic rings. The Labute approximate surface area is 111 Å². The van der Waals surface area contributed by atoms with Gasteiger partial charge in [0.1, 0.15) is 0 Å². The van der Waals surface area contributed by atoms with Crippen molar-refractivity contribution < 1.29 is 4.79 Å². The zero-order valence-corrected chi connectivity index (χ0v) is 11.2. The summed E-state index contributed by atoms with van der Waals surface area (Å²) in [6.45, 7) is 2.01. The van der Waals surface area contributed by atoms with E-state index >= 15 is 0 Å². The van der Waals surface area contributed by atoms with Crippen LogP contribution in [0.15, 0.2) is 29.1 Å². The number of hydrogen-bond acceptors (Lipinski definition) is 3. The monoisotopic (exact) mass is 257 g/mol. The average Bonchev–Trinajstić information content (AvgIpc) is 2.83. The Bertz CT molecular complexity index is 588. The Morgan fingerprint density at radius 3 is 3.11 bits per heavy atom. The molecule has 1 unspecified atom stereocenters. The fourth-order valence-corrected chi connectivity index (χ4v) is 3.50. The summed E-state index contributed by atoms with van der Waals surface area (Å²) < 4.78 is 0. The van der Waals surface area contributed by atoms with E-state index in [0.29, 0.717) is 0 Å². The van der Waals surface area contributed by atoms with Crippen LogP contribution in [-0.2, 0) is 6.42 Å². The van der Waals surface area contributed by atoms with Gasteiger partial charge in [0.25, 0.3) is 0 Å². The number of pyridine rings is 1. The van der Waals surface area contributed by atoms with Gasteiger partial charge in [-0.1, -0.05) is 6.07 Å². The lowest BCUT2D eigenvalue weighted by atomic mass is 9.82. The molecule has 2 heterocycles. The number of carbonyl (C=O) groups excluding carboxylic acids is 1. The smallest absolute Gasteiger partial charge is 0.173 e. The van der Waals surface area contributed by atoms with Gasteiger partial charge in [-0.25, -0.2) is 0 Å². The third kappa shape index (κ3) is 1.89. The minimum atomic E-state index is -0.0387. The van der Waals surface area contributed by atoms with Gasteiger partial charge < -0.3 is 0 Å². The number of thiophene rings is 1. The van der Waals surface area contributed by atoms with Crippen molar-refractivity contribution in [1.29, 1.82) is 0 Å². The van der Waals surface area contributed by atoms with E-state index in [0.717, 1.165) is 36.1 Å². The molecule has 18 heavy (non-hydrogen) atoms. The van der Waals surface area contributed by atoms with Crippen LogP contribution in [0, 0.1) is 6.92 Å². The van der Waals surface area contributed by atoms with E-state index < -0.39 is 0 Å². The summed E-state index contributed by atoms with van der Waals surface area (Å²) in [5, 5.41) is 4.00. The maximum Gasteiger partial charge on any atom is 0.173 e. The van der Waals surface area contributed by atoms with E-state index in [1.807, 2.05) is 23.8 Å². The van der Waals surface area contributed by atoms with Crippen LogP contribution in [0.4, 0.5) is 0 Å². The second-order valence-corrected chi connectivity index (χ2v) is 5.57. The highest BCUT2D eigenvalue weighted by Gasteiger charge is 2.29. The third-order valence-electron chi connectivity index (χ3n) is 3.63. The van der Waals surface area contributed by atoms with E-state index in [9.17, 15) is 4.79 Å². The van der Waals surface area contributed by atoms with E-state index in [-0.39, 0.29) is 11.7 Å². The molecule has 1 atom stereocenters. The predicted octanol–water partition coefficient (Wildman–Crippen LogP) is 3.75. The topological polar surface area (TPSA) is 30.0 Å². The second-order valence-electron chi connectivity index (χ2n) is 4.83. The quantitative estimate of drug-likeness (QED) is 0.767. The predicted molar refractivity (Wildman–Crippen MR) is 73.3 cm³/mol. The van der Waals surface area contributed by atoms with E-state index in [1.54, 1.807) is 17.5 Å². The second kappa shape index (κ2) is 4.65. The standard InChI is InChI=1S/C15H15NOS/c1-10-8-18-9-13(10)15(17)12-6-2-4-11-5-3-7-16-14(11)12/h3,5,7-9,12H,2,4,6H2,1H3. The Kier molecular flexibility index (Phi) is 3.00. The number of hydrogen-bond donors (Lipinski definition) is 0. The number of carbonyl (C=O) groups is 1. The van der Waals surface area contributed by atoms with Gasteiger partial charge in [0.15, 0.2) is 5.78 Å². The molecule has 0 radical (unpaired) electrons. The normalized spacial score (nSPS) is 18.4. The maximum absolute atomic E-state index is 12.6. The van der Waals surface area contributed by atoms with Gasteiger partial charge in [-0.15, -0.1) is 0 Å². The Balaban J connectivity index is 2.00. The highest BCUT2D eigenvalue weighted by atomic mass is 32.1. The lowest BCUT2D eigenvalue weighted by molar-refractivity contribution is 0.0949. The van der Waals surface area contributed by atoms with Crippen LogP contribution in [-0.4, -0.2) is 10.8 Å². The number of aromatic nitrogens is 1. The fourth-order valence-electron chi connectivity index (χ4n) is 2.67. The number of rotatable bonds is 2. The van der Waals surface area contributed by atoms with Crippen LogP contribution in [0.2, 0.25) is 0 Å². The highest BCUT2D eigenvalue weighted by molar-refractivity contribution is 7.08. The zero-order chi connectivity index (χ0) is 12.5. The summed E-state index contributed by atoms with van der Waals surface area (Å²) in [5.74, 6) is 0.205. The minimum Gasteiger partial charge on any atom is -0.293 e. The van der Waals surface area contributed by atoms with E-state index in [1.165, 1.54) is 5.56 Å². The molecule has 0 saturated carbocycles. The number of Topliss-reactive ketones (excluding diaryl/α,β-unsaturated/α-hetero) is 1. The molecule has 0 N–H and O–H groups in total. The van der Waals surface area contributed by atoms with Crippen LogP contribution >= 0.6 is 11.3 Å². The number of aryl methyl sites for hydroxylation is 2. The van der Waals surface area contributed by atoms with Crippen molar-refractivity contribution in [3.8, 4) is 0 Å². The highest BCUT2D eigenvalue weighted by Crippen LogP contribution is 2.33. The molecule has 0 saturated heterocycles. The fraction of sp³-hybridized carbons (Fsp3) is 0.333. The minimum absolute atomic E-state index is 0.0387. The Morgan fingerprint density at radius 1 is 1.44 bits per heavy atom. The van der Waals surface area contributed by atoms with Crippen LogP contribution in [0.1, 0.15) is 45.9 Å². The van der Waals surface area contributed by atoms with Crippen molar-refractivity contribution in [2.45, 2.75) is 32.1 Å². The Hall–Kier alpha value is -1.48. The molecule has 0 spiro atoms. The third-order valence-corrected chi connectivity index (χ3v) is 4.49. The number of nitrogens with zero attached hydrogens (tertiary/aromatic N) is 1. The Morgan fingerprint density at radius 2 is 2.33 bits per heavy atom. The zero-order valence-electron chi connectivity index (χ0n) is 10.3. The van der Waals surface area contributed by atoms with Gasteiger partial charge in [-0.3, -0.25) is 9.78 Å². The molecule has 0 aliphatic heterocycles. The first kappa shape index (κ1) is 11.6. The van der Waals surface area contributed by atoms with Gasteiger partial charge in [-0.2, -0.15) is 11.3 Å². The first-order valence-corrected chi connectivity index (χ1v) is 7.22. The van der Waals surface area contributed by atoms with Gasteiger partial charge in [-0.05, 0) is 48.8 Å². The summed E-state index contributed by atoms with van der Waals surface area (Å²) in [6.07, 6.45) is 4.86. The summed E-state index contributed by atoms with van der Waals surface area (Å²) in [6, 6.07) is 4.06. The molecule has 3 rings (SSSR count).